The second-order valence-corrected chi connectivity index (χ2v) is 13.8. The minimum atomic E-state index is -1.85. The molecule has 3 heterocycles. The van der Waals surface area contributed by atoms with Crippen molar-refractivity contribution < 1.29 is 99.3 Å². The Labute approximate surface area is 285 Å². The number of rotatable bonds is 10. The van der Waals surface area contributed by atoms with Gasteiger partial charge in [0.05, 0.1) is 49.3 Å². The summed E-state index contributed by atoms with van der Waals surface area (Å²) in [5, 5.41) is 123. The van der Waals surface area contributed by atoms with Crippen LogP contribution in [-0.4, -0.2) is 197 Å². The highest BCUT2D eigenvalue weighted by atomic mass is 16.7. The molecule has 18 atom stereocenters. The minimum absolute atomic E-state index is 0.0250. The lowest BCUT2D eigenvalue weighted by Gasteiger charge is -2.52. The van der Waals surface area contributed by atoms with E-state index in [9.17, 15) is 65.8 Å². The van der Waals surface area contributed by atoms with E-state index in [1.165, 1.54) is 0 Å². The summed E-state index contributed by atoms with van der Waals surface area (Å²) in [6.07, 6.45) is -26.5. The standard InChI is InChI=1S/C30H48O20/c31-7-17-22(39)24(41)26(43)30(49-17)48-16-5-11-14(46-28(16)9-1-12(33)21(38)13(34)2-9)3-10(32)4-15(11)47-29-27(44)25(42)23(40)18(50-29)8-45-20(37)6-19(35)36/h9-18,21-34,38-44H,1-8H2,(H,35,36). The molecule has 5 rings (SSSR count). The first kappa shape index (κ1) is 39.5. The molecule has 2 aliphatic carbocycles. The number of hydrogen-bond acceptors (Lipinski definition) is 19. The van der Waals surface area contributed by atoms with Crippen molar-refractivity contribution in [1.29, 1.82) is 0 Å². The zero-order chi connectivity index (χ0) is 36.6. The predicted molar refractivity (Wildman–Crippen MR) is 156 cm³/mol. The maximum Gasteiger partial charge on any atom is 0.317 e. The molecule has 5 fully saturated rings. The number of carbonyl (C=O) groups is 2. The first-order chi connectivity index (χ1) is 23.6. The molecular weight excluding hydrogens is 680 g/mol. The Kier molecular flexibility index (Phi) is 13.1. The van der Waals surface area contributed by atoms with Gasteiger partial charge in [0.1, 0.15) is 68.0 Å². The fourth-order valence-electron chi connectivity index (χ4n) is 7.64. The minimum Gasteiger partial charge on any atom is -0.481 e. The number of aliphatic carboxylic acids is 1. The van der Waals surface area contributed by atoms with Gasteiger partial charge < -0.3 is 89.7 Å². The van der Waals surface area contributed by atoms with Crippen LogP contribution in [-0.2, 0) is 38.0 Å². The predicted octanol–water partition coefficient (Wildman–Crippen LogP) is -6.20. The number of ether oxygens (including phenoxy) is 6. The third kappa shape index (κ3) is 8.57. The molecule has 288 valence electrons. The lowest BCUT2D eigenvalue weighted by Crippen LogP contribution is -2.63. The highest BCUT2D eigenvalue weighted by Crippen LogP contribution is 2.45. The van der Waals surface area contributed by atoms with Gasteiger partial charge in [0.25, 0.3) is 0 Å². The van der Waals surface area contributed by atoms with Crippen molar-refractivity contribution in [3.8, 4) is 0 Å². The SMILES string of the molecule is O=C(O)CC(=O)OCC1OC(OC2CC(O)CC3OC(C4CC(O)C(O)C(O)C4)C(OC4OC(CO)C(O)C(O)C4O)CC23)C(O)C(O)C1O. The summed E-state index contributed by atoms with van der Waals surface area (Å²) in [5.74, 6) is -3.90. The molecule has 0 bridgehead atoms. The number of carboxylic acid groups (broad SMARTS) is 1. The summed E-state index contributed by atoms with van der Waals surface area (Å²) >= 11 is 0. The zero-order valence-corrected chi connectivity index (χ0v) is 26.8. The van der Waals surface area contributed by atoms with Gasteiger partial charge in [-0.3, -0.25) is 9.59 Å². The average molecular weight is 729 g/mol. The van der Waals surface area contributed by atoms with Crippen LogP contribution in [0.5, 0.6) is 0 Å². The van der Waals surface area contributed by atoms with Crippen molar-refractivity contribution in [2.75, 3.05) is 13.2 Å². The van der Waals surface area contributed by atoms with Gasteiger partial charge in [-0.25, -0.2) is 0 Å². The van der Waals surface area contributed by atoms with Crippen molar-refractivity contribution in [1.82, 2.24) is 0 Å². The zero-order valence-electron chi connectivity index (χ0n) is 26.8. The number of aliphatic hydroxyl groups is 11. The van der Waals surface area contributed by atoms with Gasteiger partial charge in [-0.2, -0.15) is 0 Å². The molecule has 3 aliphatic heterocycles. The van der Waals surface area contributed by atoms with Crippen LogP contribution in [0.15, 0.2) is 0 Å². The van der Waals surface area contributed by atoms with Gasteiger partial charge in [-0.1, -0.05) is 0 Å². The van der Waals surface area contributed by atoms with E-state index >= 15 is 0 Å². The molecule has 2 saturated carbocycles. The summed E-state index contributed by atoms with van der Waals surface area (Å²) in [4.78, 5) is 22.6. The van der Waals surface area contributed by atoms with Crippen LogP contribution in [0.3, 0.4) is 0 Å². The maximum atomic E-state index is 11.8. The van der Waals surface area contributed by atoms with Gasteiger partial charge in [0, 0.05) is 12.3 Å². The van der Waals surface area contributed by atoms with E-state index in [0.29, 0.717) is 0 Å². The molecule has 0 aromatic heterocycles. The highest BCUT2D eigenvalue weighted by molar-refractivity contribution is 5.90. The van der Waals surface area contributed by atoms with Crippen molar-refractivity contribution >= 4 is 11.9 Å². The van der Waals surface area contributed by atoms with Crippen molar-refractivity contribution in [2.45, 2.75) is 149 Å². The van der Waals surface area contributed by atoms with Gasteiger partial charge in [0.15, 0.2) is 12.6 Å². The summed E-state index contributed by atoms with van der Waals surface area (Å²) in [6.45, 7) is -1.42. The van der Waals surface area contributed by atoms with Gasteiger partial charge in [0.2, 0.25) is 0 Å². The van der Waals surface area contributed by atoms with Crippen LogP contribution in [0, 0.1) is 11.8 Å². The van der Waals surface area contributed by atoms with Crippen molar-refractivity contribution in [3.63, 3.8) is 0 Å². The number of esters is 1. The number of fused-ring (bicyclic) bond motifs is 1. The smallest absolute Gasteiger partial charge is 0.317 e. The van der Waals surface area contributed by atoms with Crippen LogP contribution in [0.4, 0.5) is 0 Å². The lowest BCUT2D eigenvalue weighted by molar-refractivity contribution is -0.345. The van der Waals surface area contributed by atoms with E-state index in [0.717, 1.165) is 0 Å². The fourth-order valence-corrected chi connectivity index (χ4v) is 7.64. The topological polar surface area (TPSA) is 332 Å². The summed E-state index contributed by atoms with van der Waals surface area (Å²) in [5.41, 5.74) is 0. The molecule has 0 radical (unpaired) electrons. The monoisotopic (exact) mass is 728 g/mol. The van der Waals surface area contributed by atoms with Crippen LogP contribution in [0.25, 0.3) is 0 Å². The third-order valence-corrected chi connectivity index (χ3v) is 10.3. The molecular formula is C30H48O20. The van der Waals surface area contributed by atoms with Crippen LogP contribution >= 0.6 is 0 Å². The quantitative estimate of drug-likeness (QED) is 0.0735. The van der Waals surface area contributed by atoms with Gasteiger partial charge in [-0.05, 0) is 31.6 Å². The first-order valence-electron chi connectivity index (χ1n) is 16.7. The van der Waals surface area contributed by atoms with Crippen molar-refractivity contribution in [2.24, 2.45) is 11.8 Å². The number of carbonyl (C=O) groups excluding carboxylic acids is 1. The average Bonchev–Trinajstić information content (AvgIpc) is 3.06. The summed E-state index contributed by atoms with van der Waals surface area (Å²) < 4.78 is 34.8. The highest BCUT2D eigenvalue weighted by Gasteiger charge is 2.54. The van der Waals surface area contributed by atoms with E-state index in [-0.39, 0.29) is 32.1 Å². The third-order valence-electron chi connectivity index (χ3n) is 10.3. The molecule has 50 heavy (non-hydrogen) atoms. The molecule has 18 unspecified atom stereocenters. The Balaban J connectivity index is 1.36. The maximum absolute atomic E-state index is 11.8. The second kappa shape index (κ2) is 16.5. The molecule has 5 aliphatic rings. The molecule has 0 amide bonds. The van der Waals surface area contributed by atoms with Crippen LogP contribution in [0.1, 0.15) is 38.5 Å². The van der Waals surface area contributed by atoms with Crippen molar-refractivity contribution in [3.05, 3.63) is 0 Å². The van der Waals surface area contributed by atoms with Gasteiger partial charge in [-0.15, -0.1) is 0 Å². The molecule has 20 heteroatoms. The molecule has 20 nitrogen and oxygen atoms in total. The van der Waals surface area contributed by atoms with E-state index in [2.05, 4.69) is 0 Å². The Morgan fingerprint density at radius 2 is 1.18 bits per heavy atom. The fraction of sp³-hybridized carbons (Fsp3) is 0.933. The number of carboxylic acids is 1. The Bertz CT molecular complexity index is 1130. The molecule has 3 saturated heterocycles. The lowest BCUT2D eigenvalue weighted by atomic mass is 9.72. The first-order valence-corrected chi connectivity index (χ1v) is 16.7. The number of aliphatic hydroxyl groups excluding tert-OH is 11. The summed E-state index contributed by atoms with van der Waals surface area (Å²) in [6, 6.07) is 0. The summed E-state index contributed by atoms with van der Waals surface area (Å²) in [7, 11) is 0. The normalized spacial score (nSPS) is 49.9. The van der Waals surface area contributed by atoms with E-state index in [4.69, 9.17) is 33.5 Å². The van der Waals surface area contributed by atoms with Crippen LogP contribution in [0.2, 0.25) is 0 Å². The molecule has 0 aromatic rings. The molecule has 0 spiro atoms. The molecule has 12 N–H and O–H groups in total. The Hall–Kier alpha value is -1.70. The van der Waals surface area contributed by atoms with Crippen LogP contribution < -0.4 is 0 Å². The van der Waals surface area contributed by atoms with E-state index < -0.39 is 154 Å². The molecule has 0 aromatic carbocycles. The Morgan fingerprint density at radius 3 is 1.76 bits per heavy atom. The van der Waals surface area contributed by atoms with Gasteiger partial charge >= 0.3 is 11.9 Å². The second-order valence-electron chi connectivity index (χ2n) is 13.8. The largest absolute Gasteiger partial charge is 0.481 e. The van der Waals surface area contributed by atoms with E-state index in [1.54, 1.807) is 0 Å². The van der Waals surface area contributed by atoms with E-state index in [1.807, 2.05) is 0 Å². The number of hydrogen-bond donors (Lipinski definition) is 12. The Morgan fingerprint density at radius 1 is 0.620 bits per heavy atom.